The summed E-state index contributed by atoms with van der Waals surface area (Å²) in [6.07, 6.45) is -10.6. The van der Waals surface area contributed by atoms with Crippen molar-refractivity contribution in [2.75, 3.05) is 12.4 Å². The number of carbonyl (C=O) groups is 1. The predicted octanol–water partition coefficient (Wildman–Crippen LogP) is 3.48. The van der Waals surface area contributed by atoms with Gasteiger partial charge in [0.05, 0.1) is 18.9 Å². The number of H-pyrrole nitrogens is 1. The van der Waals surface area contributed by atoms with Crippen LogP contribution < -0.4 is 20.4 Å². The van der Waals surface area contributed by atoms with E-state index in [4.69, 9.17) is 4.74 Å². The zero-order valence-corrected chi connectivity index (χ0v) is 14.6. The van der Waals surface area contributed by atoms with Crippen LogP contribution in [0.15, 0.2) is 42.6 Å². The molecule has 152 valence electrons. The third-order valence-corrected chi connectivity index (χ3v) is 3.79. The number of benzene rings is 1. The Morgan fingerprint density at radius 2 is 1.61 bits per heavy atom. The fraction of sp³-hybridized carbons (Fsp3) is 0.294. The summed E-state index contributed by atoms with van der Waals surface area (Å²) in [5, 5.41) is 2.42. The molecule has 1 amide bonds. The van der Waals surface area contributed by atoms with Crippen molar-refractivity contribution < 1.29 is 40.9 Å². The van der Waals surface area contributed by atoms with Gasteiger partial charge >= 0.3 is 18.0 Å². The molecule has 3 N–H and O–H groups in total. The third-order valence-electron chi connectivity index (χ3n) is 3.79. The Morgan fingerprint density at radius 1 is 1.00 bits per heavy atom. The van der Waals surface area contributed by atoms with Crippen molar-refractivity contribution in [1.29, 1.82) is 0 Å². The van der Waals surface area contributed by atoms with E-state index in [1.54, 1.807) is 6.92 Å². The number of pyridine rings is 1. The second kappa shape index (κ2) is 7.56. The van der Waals surface area contributed by atoms with Gasteiger partial charge in [-0.15, -0.1) is 0 Å². The molecule has 0 atom stereocenters. The number of amides is 1. The van der Waals surface area contributed by atoms with Gasteiger partial charge in [-0.05, 0) is 30.7 Å². The molecule has 0 fully saturated rings. The summed E-state index contributed by atoms with van der Waals surface area (Å²) >= 11 is 0. The van der Waals surface area contributed by atoms with Crippen LogP contribution in [0.2, 0.25) is 0 Å². The number of para-hydroxylation sites is 1. The minimum Gasteiger partial charge on any atom is -0.496 e. The van der Waals surface area contributed by atoms with E-state index in [0.717, 1.165) is 24.6 Å². The first-order chi connectivity index (χ1) is 12.9. The molecule has 0 aliphatic heterocycles. The van der Waals surface area contributed by atoms with Crippen molar-refractivity contribution in [2.45, 2.75) is 24.9 Å². The number of ether oxygens (including phenoxy) is 1. The number of halogens is 6. The number of hydrogen-bond acceptors (Lipinski definition) is 3. The number of aryl methyl sites for hydroxylation is 1. The molecule has 0 radical (unpaired) electrons. The van der Waals surface area contributed by atoms with Gasteiger partial charge < -0.3 is 4.74 Å². The zero-order chi connectivity index (χ0) is 21.2. The van der Waals surface area contributed by atoms with Crippen LogP contribution >= 0.6 is 0 Å². The van der Waals surface area contributed by atoms with Gasteiger partial charge in [-0.1, -0.05) is 12.1 Å². The molecule has 0 aliphatic rings. The van der Waals surface area contributed by atoms with E-state index >= 15 is 0 Å². The summed E-state index contributed by atoms with van der Waals surface area (Å²) < 4.78 is 86.7. The molecular formula is C17H16F6N3O2+. The summed E-state index contributed by atoms with van der Waals surface area (Å²) in [7, 11) is 1.13. The molecule has 0 saturated heterocycles. The van der Waals surface area contributed by atoms with Crippen molar-refractivity contribution >= 4 is 11.7 Å². The average Bonchev–Trinajstić information content (AvgIpc) is 2.60. The number of nitrogens with one attached hydrogen (secondary N) is 3. The highest BCUT2D eigenvalue weighted by atomic mass is 19.4. The SMILES string of the molecule is COc1ccccc1C(=O)NC(Nc1ccc(C)c[nH+]1)(C(F)(F)F)C(F)(F)F. The van der Waals surface area contributed by atoms with E-state index in [-0.39, 0.29) is 5.75 Å². The molecule has 2 aromatic rings. The number of rotatable bonds is 5. The van der Waals surface area contributed by atoms with Crippen LogP contribution in [0, 0.1) is 6.92 Å². The summed E-state index contributed by atoms with van der Waals surface area (Å²) in [6.45, 7) is 1.59. The number of methoxy groups -OCH3 is 1. The highest BCUT2D eigenvalue weighted by Crippen LogP contribution is 2.43. The molecule has 0 unspecified atom stereocenters. The average molecular weight is 408 g/mol. The van der Waals surface area contributed by atoms with E-state index in [1.165, 1.54) is 35.8 Å². The number of carbonyl (C=O) groups excluding carboxylic acids is 1. The molecule has 1 aromatic carbocycles. The topological polar surface area (TPSA) is 64.5 Å². The van der Waals surface area contributed by atoms with Crippen LogP contribution in [-0.2, 0) is 0 Å². The summed E-state index contributed by atoms with van der Waals surface area (Å²) in [4.78, 5) is 14.6. The summed E-state index contributed by atoms with van der Waals surface area (Å²) in [6, 6.07) is 7.27. The molecule has 0 bridgehead atoms. The summed E-state index contributed by atoms with van der Waals surface area (Å²) in [5.41, 5.74) is -4.66. The second-order valence-electron chi connectivity index (χ2n) is 5.80. The largest absolute Gasteiger partial charge is 0.496 e. The lowest BCUT2D eigenvalue weighted by molar-refractivity contribution is -0.367. The molecule has 0 saturated carbocycles. The van der Waals surface area contributed by atoms with Crippen molar-refractivity contribution in [3.05, 3.63) is 53.7 Å². The van der Waals surface area contributed by atoms with Crippen LogP contribution in [0.25, 0.3) is 0 Å². The Balaban J connectivity index is 2.54. The molecular weight excluding hydrogens is 392 g/mol. The van der Waals surface area contributed by atoms with E-state index in [2.05, 4.69) is 4.98 Å². The van der Waals surface area contributed by atoms with Crippen LogP contribution in [-0.4, -0.2) is 31.0 Å². The lowest BCUT2D eigenvalue weighted by Crippen LogP contribution is -2.72. The van der Waals surface area contributed by atoms with E-state index in [9.17, 15) is 31.1 Å². The predicted molar refractivity (Wildman–Crippen MR) is 86.7 cm³/mol. The summed E-state index contributed by atoms with van der Waals surface area (Å²) in [5.74, 6) is -2.40. The number of alkyl halides is 6. The molecule has 1 heterocycles. The van der Waals surface area contributed by atoms with Gasteiger partial charge in [0.25, 0.3) is 11.7 Å². The first-order valence-electron chi connectivity index (χ1n) is 7.77. The number of aromatic amines is 1. The fourth-order valence-electron chi connectivity index (χ4n) is 2.33. The quantitative estimate of drug-likeness (QED) is 0.588. The standard InChI is InChI=1S/C17H15F6N3O2/c1-10-7-8-13(24-9-10)25-15(16(18,19)20,17(21,22)23)26-14(27)11-5-3-4-6-12(11)28-2/h3-9H,1-2H3,(H,24,25)(H,26,27)/p+1. The number of aromatic nitrogens is 1. The van der Waals surface area contributed by atoms with Crippen molar-refractivity contribution in [2.24, 2.45) is 0 Å². The van der Waals surface area contributed by atoms with E-state index in [0.29, 0.717) is 5.56 Å². The van der Waals surface area contributed by atoms with Gasteiger partial charge in [-0.2, -0.15) is 26.3 Å². The van der Waals surface area contributed by atoms with Gasteiger partial charge in [0.1, 0.15) is 5.75 Å². The maximum atomic E-state index is 13.7. The first-order valence-corrected chi connectivity index (χ1v) is 7.77. The lowest BCUT2D eigenvalue weighted by atomic mass is 10.1. The maximum absolute atomic E-state index is 13.7. The van der Waals surface area contributed by atoms with Gasteiger partial charge in [0.2, 0.25) is 0 Å². The highest BCUT2D eigenvalue weighted by Gasteiger charge is 2.76. The Hall–Kier alpha value is -2.98. The van der Waals surface area contributed by atoms with Gasteiger partial charge in [0.15, 0.2) is 0 Å². The zero-order valence-electron chi connectivity index (χ0n) is 14.6. The van der Waals surface area contributed by atoms with Gasteiger partial charge in [-0.25, -0.2) is 10.3 Å². The Bertz CT molecular complexity index is 820. The first kappa shape index (κ1) is 21.3. The van der Waals surface area contributed by atoms with Crippen molar-refractivity contribution in [3.63, 3.8) is 0 Å². The second-order valence-corrected chi connectivity index (χ2v) is 5.80. The van der Waals surface area contributed by atoms with Gasteiger partial charge in [-0.3, -0.25) is 10.1 Å². The maximum Gasteiger partial charge on any atom is 0.462 e. The Kier molecular flexibility index (Phi) is 5.76. The minimum absolute atomic E-state index is 0.180. The molecule has 2 rings (SSSR count). The van der Waals surface area contributed by atoms with E-state index < -0.39 is 35.3 Å². The normalized spacial score (nSPS) is 12.4. The highest BCUT2D eigenvalue weighted by molar-refractivity contribution is 5.97. The number of hydrogen-bond donors (Lipinski definition) is 2. The number of anilines is 1. The van der Waals surface area contributed by atoms with Crippen molar-refractivity contribution in [1.82, 2.24) is 5.32 Å². The van der Waals surface area contributed by atoms with Crippen LogP contribution in [0.4, 0.5) is 32.2 Å². The monoisotopic (exact) mass is 408 g/mol. The molecule has 11 heteroatoms. The van der Waals surface area contributed by atoms with Crippen LogP contribution in [0.3, 0.4) is 0 Å². The fourth-order valence-corrected chi connectivity index (χ4v) is 2.33. The van der Waals surface area contributed by atoms with Crippen LogP contribution in [0.5, 0.6) is 5.75 Å². The Labute approximate surface area is 155 Å². The minimum atomic E-state index is -5.93. The van der Waals surface area contributed by atoms with Crippen molar-refractivity contribution in [3.8, 4) is 5.75 Å². The van der Waals surface area contributed by atoms with Crippen LogP contribution in [0.1, 0.15) is 15.9 Å². The third kappa shape index (κ3) is 4.12. The van der Waals surface area contributed by atoms with Gasteiger partial charge in [0, 0.05) is 6.07 Å². The Morgan fingerprint density at radius 3 is 2.11 bits per heavy atom. The molecule has 1 aromatic heterocycles. The molecule has 0 spiro atoms. The smallest absolute Gasteiger partial charge is 0.462 e. The molecule has 28 heavy (non-hydrogen) atoms. The van der Waals surface area contributed by atoms with E-state index in [1.807, 2.05) is 0 Å². The molecule has 0 aliphatic carbocycles. The lowest BCUT2D eigenvalue weighted by Gasteiger charge is -2.34. The molecule has 5 nitrogen and oxygen atoms in total.